The van der Waals surface area contributed by atoms with Crippen LogP contribution in [0.3, 0.4) is 0 Å². The molecule has 1 saturated carbocycles. The van der Waals surface area contributed by atoms with Crippen molar-refractivity contribution in [2.75, 3.05) is 5.73 Å². The third kappa shape index (κ3) is 1.66. The van der Waals surface area contributed by atoms with E-state index in [-0.39, 0.29) is 17.3 Å². The number of hydrogen-bond acceptors (Lipinski definition) is 4. The van der Waals surface area contributed by atoms with Gasteiger partial charge in [0.05, 0.1) is 5.56 Å². The predicted octanol–water partition coefficient (Wildman–Crippen LogP) is 0.341. The van der Waals surface area contributed by atoms with Crippen LogP contribution >= 0.6 is 0 Å². The average molecular weight is 192 g/mol. The first-order chi connectivity index (χ1) is 6.61. The topological polar surface area (TPSA) is 80.9 Å². The minimum Gasteiger partial charge on any atom is -0.383 e. The fourth-order valence-corrected chi connectivity index (χ4v) is 1.17. The average Bonchev–Trinajstić information content (AvgIpc) is 2.84. The molecular weight excluding hydrogens is 180 g/mol. The van der Waals surface area contributed by atoms with Gasteiger partial charge in [-0.25, -0.2) is 9.97 Å². The van der Waals surface area contributed by atoms with E-state index >= 15 is 0 Å². The van der Waals surface area contributed by atoms with E-state index in [0.29, 0.717) is 5.56 Å². The molecule has 0 radical (unpaired) electrons. The Morgan fingerprint density at radius 1 is 1.64 bits per heavy atom. The largest absolute Gasteiger partial charge is 0.383 e. The fourth-order valence-electron chi connectivity index (χ4n) is 1.17. The van der Waals surface area contributed by atoms with Crippen LogP contribution in [0.25, 0.3) is 0 Å². The molecule has 74 valence electrons. The van der Waals surface area contributed by atoms with Crippen molar-refractivity contribution in [1.29, 1.82) is 0 Å². The Hall–Kier alpha value is -1.65. The second kappa shape index (κ2) is 2.94. The number of aromatic nitrogens is 2. The summed E-state index contributed by atoms with van der Waals surface area (Å²) in [6.45, 7) is 2.00. The molecule has 0 bridgehead atoms. The van der Waals surface area contributed by atoms with Gasteiger partial charge in [0.2, 0.25) is 0 Å². The molecule has 0 aromatic carbocycles. The highest BCUT2D eigenvalue weighted by atomic mass is 16.1. The number of nitrogens with one attached hydrogen (secondary N) is 1. The quantitative estimate of drug-likeness (QED) is 0.708. The normalized spacial score (nSPS) is 17.5. The van der Waals surface area contributed by atoms with Crippen molar-refractivity contribution in [3.63, 3.8) is 0 Å². The van der Waals surface area contributed by atoms with Crippen molar-refractivity contribution >= 4 is 11.7 Å². The summed E-state index contributed by atoms with van der Waals surface area (Å²) in [6.07, 6.45) is 4.80. The van der Waals surface area contributed by atoms with Crippen molar-refractivity contribution in [3.8, 4) is 0 Å². The summed E-state index contributed by atoms with van der Waals surface area (Å²) in [5.41, 5.74) is 5.85. The lowest BCUT2D eigenvalue weighted by Crippen LogP contribution is -2.34. The summed E-state index contributed by atoms with van der Waals surface area (Å²) in [4.78, 5) is 19.2. The summed E-state index contributed by atoms with van der Waals surface area (Å²) in [5, 5.41) is 2.89. The molecule has 0 saturated heterocycles. The van der Waals surface area contributed by atoms with Gasteiger partial charge in [0.15, 0.2) is 0 Å². The number of anilines is 1. The maximum Gasteiger partial charge on any atom is 0.257 e. The lowest BCUT2D eigenvalue weighted by molar-refractivity contribution is 0.0935. The van der Waals surface area contributed by atoms with Gasteiger partial charge < -0.3 is 11.1 Å². The van der Waals surface area contributed by atoms with Gasteiger partial charge >= 0.3 is 0 Å². The highest BCUT2D eigenvalue weighted by Gasteiger charge is 2.39. The van der Waals surface area contributed by atoms with Crippen LogP contribution in [-0.4, -0.2) is 21.4 Å². The first-order valence-corrected chi connectivity index (χ1v) is 4.49. The molecule has 0 atom stereocenters. The summed E-state index contributed by atoms with van der Waals surface area (Å²) >= 11 is 0. The van der Waals surface area contributed by atoms with E-state index in [1.165, 1.54) is 12.5 Å². The molecule has 0 unspecified atom stereocenters. The molecule has 5 nitrogen and oxygen atoms in total. The van der Waals surface area contributed by atoms with Gasteiger partial charge in [0, 0.05) is 11.7 Å². The first-order valence-electron chi connectivity index (χ1n) is 4.49. The van der Waals surface area contributed by atoms with Crippen molar-refractivity contribution in [3.05, 3.63) is 18.1 Å². The Morgan fingerprint density at radius 2 is 2.36 bits per heavy atom. The molecule has 1 aliphatic carbocycles. The van der Waals surface area contributed by atoms with Crippen LogP contribution in [0.2, 0.25) is 0 Å². The maximum absolute atomic E-state index is 11.7. The van der Waals surface area contributed by atoms with Crippen molar-refractivity contribution in [2.45, 2.75) is 25.3 Å². The molecule has 1 fully saturated rings. The fraction of sp³-hybridized carbons (Fsp3) is 0.444. The van der Waals surface area contributed by atoms with E-state index in [1.54, 1.807) is 0 Å². The van der Waals surface area contributed by atoms with Gasteiger partial charge in [-0.2, -0.15) is 0 Å². The second-order valence-electron chi connectivity index (χ2n) is 3.84. The van der Waals surface area contributed by atoms with E-state index in [2.05, 4.69) is 15.3 Å². The zero-order valence-electron chi connectivity index (χ0n) is 7.95. The third-order valence-corrected chi connectivity index (χ3v) is 2.40. The van der Waals surface area contributed by atoms with Crippen molar-refractivity contribution in [1.82, 2.24) is 15.3 Å². The molecule has 1 aromatic heterocycles. The van der Waals surface area contributed by atoms with Crippen molar-refractivity contribution < 1.29 is 4.79 Å². The zero-order chi connectivity index (χ0) is 10.2. The van der Waals surface area contributed by atoms with E-state index in [1.807, 2.05) is 6.92 Å². The van der Waals surface area contributed by atoms with Gasteiger partial charge in [0.1, 0.15) is 12.1 Å². The number of hydrogen-bond donors (Lipinski definition) is 2. The van der Waals surface area contributed by atoms with Gasteiger partial charge in [-0.1, -0.05) is 0 Å². The minimum absolute atomic E-state index is 0.0423. The van der Waals surface area contributed by atoms with Crippen LogP contribution in [0.5, 0.6) is 0 Å². The van der Waals surface area contributed by atoms with E-state index in [9.17, 15) is 4.79 Å². The molecular formula is C9H12N4O. The van der Waals surface area contributed by atoms with Gasteiger partial charge in [-0.3, -0.25) is 4.79 Å². The Labute approximate surface area is 81.7 Å². The number of nitrogens with two attached hydrogens (primary N) is 1. The molecule has 1 heterocycles. The monoisotopic (exact) mass is 192 g/mol. The summed E-state index contributed by atoms with van der Waals surface area (Å²) < 4.78 is 0. The molecule has 1 aromatic rings. The van der Waals surface area contributed by atoms with Crippen LogP contribution < -0.4 is 11.1 Å². The number of carbonyl (C=O) groups is 1. The lowest BCUT2D eigenvalue weighted by Gasteiger charge is -2.11. The maximum atomic E-state index is 11.7. The number of amides is 1. The summed E-state index contributed by atoms with van der Waals surface area (Å²) in [6, 6.07) is 0. The van der Waals surface area contributed by atoms with E-state index < -0.39 is 0 Å². The van der Waals surface area contributed by atoms with Crippen molar-refractivity contribution in [2.24, 2.45) is 0 Å². The highest BCUT2D eigenvalue weighted by Crippen LogP contribution is 2.34. The van der Waals surface area contributed by atoms with Crippen LogP contribution in [-0.2, 0) is 0 Å². The molecule has 0 spiro atoms. The molecule has 14 heavy (non-hydrogen) atoms. The molecule has 5 heteroatoms. The zero-order valence-corrected chi connectivity index (χ0v) is 7.95. The van der Waals surface area contributed by atoms with Crippen LogP contribution in [0.1, 0.15) is 30.1 Å². The molecule has 1 amide bonds. The number of carbonyl (C=O) groups excluding carboxylic acids is 1. The van der Waals surface area contributed by atoms with Gasteiger partial charge in [0.25, 0.3) is 5.91 Å². The van der Waals surface area contributed by atoms with E-state index in [0.717, 1.165) is 12.8 Å². The Kier molecular flexibility index (Phi) is 1.87. The van der Waals surface area contributed by atoms with Gasteiger partial charge in [-0.05, 0) is 19.8 Å². The van der Waals surface area contributed by atoms with Gasteiger partial charge in [-0.15, -0.1) is 0 Å². The summed E-state index contributed by atoms with van der Waals surface area (Å²) in [5.74, 6) is 0.0323. The van der Waals surface area contributed by atoms with Crippen LogP contribution in [0, 0.1) is 0 Å². The molecule has 0 aliphatic heterocycles. The lowest BCUT2D eigenvalue weighted by atomic mass is 10.2. The van der Waals surface area contributed by atoms with Crippen LogP contribution in [0.15, 0.2) is 12.5 Å². The van der Waals surface area contributed by atoms with E-state index in [4.69, 9.17) is 5.73 Å². The Balaban J connectivity index is 2.15. The standard InChI is InChI=1S/C9H12N4O/c1-9(2-3-9)13-8(14)6-4-11-5-12-7(6)10/h4-5H,2-3H2,1H3,(H,13,14)(H2,10,11,12). The molecule has 3 N–H and O–H groups in total. The second-order valence-corrected chi connectivity index (χ2v) is 3.84. The smallest absolute Gasteiger partial charge is 0.257 e. The number of nitrogens with zero attached hydrogens (tertiary/aromatic N) is 2. The van der Waals surface area contributed by atoms with Crippen LogP contribution in [0.4, 0.5) is 5.82 Å². The number of nitrogen functional groups attached to an aromatic ring is 1. The predicted molar refractivity (Wildman–Crippen MR) is 51.5 cm³/mol. The minimum atomic E-state index is -0.192. The third-order valence-electron chi connectivity index (χ3n) is 2.40. The first kappa shape index (κ1) is 8.93. The highest BCUT2D eigenvalue weighted by molar-refractivity contribution is 5.98. The summed E-state index contributed by atoms with van der Waals surface area (Å²) in [7, 11) is 0. The molecule has 2 rings (SSSR count). The molecule has 1 aliphatic rings. The Bertz CT molecular complexity index is 373. The number of rotatable bonds is 2. The SMILES string of the molecule is CC1(NC(=O)c2cncnc2N)CC1. The Morgan fingerprint density at radius 3 is 2.93 bits per heavy atom.